The van der Waals surface area contributed by atoms with Gasteiger partial charge < -0.3 is 19.5 Å². The third-order valence-electron chi connectivity index (χ3n) is 6.64. The first-order valence-electron chi connectivity index (χ1n) is 11.9. The zero-order valence-corrected chi connectivity index (χ0v) is 22.3. The molecule has 2 aromatic carbocycles. The summed E-state index contributed by atoms with van der Waals surface area (Å²) >= 11 is 12.5. The van der Waals surface area contributed by atoms with E-state index in [1.807, 2.05) is 38.1 Å². The van der Waals surface area contributed by atoms with Crippen LogP contribution in [0.4, 0.5) is 0 Å². The molecular formula is C28H29Cl2NO5. The van der Waals surface area contributed by atoms with Crippen LogP contribution in [-0.2, 0) is 14.3 Å². The number of benzene rings is 2. The summed E-state index contributed by atoms with van der Waals surface area (Å²) in [6, 6.07) is 10.9. The molecule has 0 saturated carbocycles. The van der Waals surface area contributed by atoms with Crippen LogP contribution in [0.25, 0.3) is 0 Å². The lowest BCUT2D eigenvalue weighted by Gasteiger charge is -2.37. The molecule has 0 amide bonds. The molecule has 0 saturated heterocycles. The quantitative estimate of drug-likeness (QED) is 0.422. The van der Waals surface area contributed by atoms with Gasteiger partial charge in [0.05, 0.1) is 36.4 Å². The number of ether oxygens (including phenoxy) is 3. The van der Waals surface area contributed by atoms with Gasteiger partial charge in [-0.1, -0.05) is 42.3 Å². The van der Waals surface area contributed by atoms with Crippen molar-refractivity contribution in [1.29, 1.82) is 0 Å². The molecule has 0 spiro atoms. The number of allylic oxidation sites excluding steroid dienone is 3. The number of nitrogens with one attached hydrogen (secondary N) is 1. The number of ketones is 1. The summed E-state index contributed by atoms with van der Waals surface area (Å²) in [6.07, 6.45) is 1.59. The Morgan fingerprint density at radius 3 is 2.39 bits per heavy atom. The molecule has 1 aliphatic heterocycles. The highest BCUT2D eigenvalue weighted by molar-refractivity contribution is 6.42. The highest BCUT2D eigenvalue weighted by atomic mass is 35.5. The first kappa shape index (κ1) is 26.1. The van der Waals surface area contributed by atoms with Crippen LogP contribution in [0.3, 0.4) is 0 Å². The van der Waals surface area contributed by atoms with E-state index in [0.29, 0.717) is 64.3 Å². The molecule has 1 N–H and O–H groups in total. The third-order valence-corrected chi connectivity index (χ3v) is 7.38. The first-order chi connectivity index (χ1) is 17.3. The van der Waals surface area contributed by atoms with E-state index in [2.05, 4.69) is 5.32 Å². The van der Waals surface area contributed by atoms with Gasteiger partial charge in [0.25, 0.3) is 0 Å². The molecule has 0 radical (unpaired) electrons. The monoisotopic (exact) mass is 529 g/mol. The van der Waals surface area contributed by atoms with Crippen molar-refractivity contribution in [2.24, 2.45) is 0 Å². The number of rotatable bonds is 7. The Kier molecular flexibility index (Phi) is 7.96. The van der Waals surface area contributed by atoms with E-state index >= 15 is 0 Å². The van der Waals surface area contributed by atoms with Crippen LogP contribution in [0.2, 0.25) is 10.0 Å². The minimum absolute atomic E-state index is 0.0344. The van der Waals surface area contributed by atoms with Gasteiger partial charge in [-0.2, -0.15) is 0 Å². The number of halogens is 2. The van der Waals surface area contributed by atoms with E-state index in [-0.39, 0.29) is 11.7 Å². The van der Waals surface area contributed by atoms with E-state index in [1.54, 1.807) is 26.4 Å². The number of Topliss-reactive ketones (excluding diaryl/α,β-unsaturated/α-hetero) is 1. The maximum absolute atomic E-state index is 13.7. The smallest absolute Gasteiger partial charge is 0.336 e. The molecule has 1 heterocycles. The second-order valence-electron chi connectivity index (χ2n) is 8.94. The predicted molar refractivity (Wildman–Crippen MR) is 140 cm³/mol. The molecule has 2 aromatic rings. The van der Waals surface area contributed by atoms with Crippen LogP contribution in [0, 0.1) is 0 Å². The van der Waals surface area contributed by atoms with Gasteiger partial charge in [0.1, 0.15) is 0 Å². The summed E-state index contributed by atoms with van der Waals surface area (Å²) < 4.78 is 16.3. The van der Waals surface area contributed by atoms with Crippen molar-refractivity contribution in [1.82, 2.24) is 5.32 Å². The molecule has 4 rings (SSSR count). The summed E-state index contributed by atoms with van der Waals surface area (Å²) in [5.74, 6) is 0.114. The van der Waals surface area contributed by atoms with E-state index < -0.39 is 11.9 Å². The molecule has 0 aromatic heterocycles. The number of carbonyl (C=O) groups excluding carboxylic acids is 2. The molecule has 2 atom stereocenters. The van der Waals surface area contributed by atoms with Crippen molar-refractivity contribution in [2.45, 2.75) is 44.9 Å². The van der Waals surface area contributed by atoms with Crippen LogP contribution >= 0.6 is 23.2 Å². The minimum atomic E-state index is -0.598. The molecule has 0 fully saturated rings. The van der Waals surface area contributed by atoms with E-state index in [4.69, 9.17) is 37.4 Å². The Balaban J connectivity index is 1.78. The molecule has 2 unspecified atom stereocenters. The second-order valence-corrected chi connectivity index (χ2v) is 9.76. The van der Waals surface area contributed by atoms with Gasteiger partial charge in [0.2, 0.25) is 0 Å². The predicted octanol–water partition coefficient (Wildman–Crippen LogP) is 6.33. The lowest BCUT2D eigenvalue weighted by atomic mass is 9.71. The second kappa shape index (κ2) is 11.0. The van der Waals surface area contributed by atoms with Crippen LogP contribution in [-0.4, -0.2) is 32.6 Å². The van der Waals surface area contributed by atoms with Crippen LogP contribution in [0.5, 0.6) is 11.5 Å². The highest BCUT2D eigenvalue weighted by Crippen LogP contribution is 2.47. The van der Waals surface area contributed by atoms with Crippen LogP contribution in [0.15, 0.2) is 58.9 Å². The largest absolute Gasteiger partial charge is 0.493 e. The SMILES string of the molecule is CCCOC(=O)C1=C(C)NC2=C(C(=O)CC(c3ccc(OC)c(OC)c3)C2)C1c1ccc(Cl)c(Cl)c1. The number of esters is 1. The normalized spacial score (nSPS) is 19.6. The van der Waals surface area contributed by atoms with Gasteiger partial charge >= 0.3 is 5.97 Å². The van der Waals surface area contributed by atoms with Crippen molar-refractivity contribution >= 4 is 35.0 Å². The Morgan fingerprint density at radius 1 is 1.00 bits per heavy atom. The van der Waals surface area contributed by atoms with Gasteiger partial charge in [-0.15, -0.1) is 0 Å². The molecule has 0 bridgehead atoms. The average Bonchev–Trinajstić information content (AvgIpc) is 2.87. The topological polar surface area (TPSA) is 73.9 Å². The molecule has 36 heavy (non-hydrogen) atoms. The van der Waals surface area contributed by atoms with Gasteiger partial charge in [-0.3, -0.25) is 4.79 Å². The van der Waals surface area contributed by atoms with Crippen LogP contribution in [0.1, 0.15) is 56.1 Å². The Labute approximate surface area is 221 Å². The first-order valence-corrected chi connectivity index (χ1v) is 12.6. The number of hydrogen-bond donors (Lipinski definition) is 1. The van der Waals surface area contributed by atoms with E-state index in [1.165, 1.54) is 0 Å². The van der Waals surface area contributed by atoms with Gasteiger partial charge in [-0.25, -0.2) is 4.79 Å². The van der Waals surface area contributed by atoms with Gasteiger partial charge in [0, 0.05) is 29.3 Å². The molecule has 8 heteroatoms. The van der Waals surface area contributed by atoms with E-state index in [0.717, 1.165) is 16.8 Å². The minimum Gasteiger partial charge on any atom is -0.493 e. The van der Waals surface area contributed by atoms with Crippen LogP contribution < -0.4 is 14.8 Å². The standard InChI is InChI=1S/C28H29Cl2NO5/c1-5-10-36-28(33)25-15(2)31-21-12-18(16-7-9-23(34-3)24(14-16)35-4)13-22(32)27(21)26(25)17-6-8-19(29)20(30)11-17/h6-9,11,14,18,26,31H,5,10,12-13H2,1-4H3. The molecular weight excluding hydrogens is 501 g/mol. The summed E-state index contributed by atoms with van der Waals surface area (Å²) in [4.78, 5) is 26.9. The summed E-state index contributed by atoms with van der Waals surface area (Å²) in [5, 5.41) is 4.12. The zero-order valence-electron chi connectivity index (χ0n) is 20.7. The Morgan fingerprint density at radius 2 is 1.72 bits per heavy atom. The third kappa shape index (κ3) is 4.97. The lowest BCUT2D eigenvalue weighted by Crippen LogP contribution is -2.36. The summed E-state index contributed by atoms with van der Waals surface area (Å²) in [7, 11) is 3.18. The maximum Gasteiger partial charge on any atom is 0.336 e. The molecule has 1 aliphatic carbocycles. The molecule has 6 nitrogen and oxygen atoms in total. The molecule has 190 valence electrons. The summed E-state index contributed by atoms with van der Waals surface area (Å²) in [6.45, 7) is 4.07. The van der Waals surface area contributed by atoms with Crippen molar-refractivity contribution in [3.63, 3.8) is 0 Å². The zero-order chi connectivity index (χ0) is 26.0. The maximum atomic E-state index is 13.7. The van der Waals surface area contributed by atoms with Crippen molar-refractivity contribution in [2.75, 3.05) is 20.8 Å². The number of carbonyl (C=O) groups is 2. The fourth-order valence-corrected chi connectivity index (χ4v) is 5.26. The fraction of sp³-hybridized carbons (Fsp3) is 0.357. The van der Waals surface area contributed by atoms with E-state index in [9.17, 15) is 9.59 Å². The Bertz CT molecular complexity index is 1270. The van der Waals surface area contributed by atoms with Crippen molar-refractivity contribution in [3.05, 3.63) is 80.1 Å². The lowest BCUT2D eigenvalue weighted by molar-refractivity contribution is -0.139. The van der Waals surface area contributed by atoms with Crippen molar-refractivity contribution < 1.29 is 23.8 Å². The van der Waals surface area contributed by atoms with Crippen molar-refractivity contribution in [3.8, 4) is 11.5 Å². The number of hydrogen-bond acceptors (Lipinski definition) is 6. The highest BCUT2D eigenvalue weighted by Gasteiger charge is 2.41. The van der Waals surface area contributed by atoms with Gasteiger partial charge in [0.15, 0.2) is 17.3 Å². The number of dihydropyridines is 1. The fourth-order valence-electron chi connectivity index (χ4n) is 4.95. The molecule has 2 aliphatic rings. The average molecular weight is 530 g/mol. The summed E-state index contributed by atoms with van der Waals surface area (Å²) in [5.41, 5.74) is 4.14. The Hall–Kier alpha value is -2.96. The van der Waals surface area contributed by atoms with Gasteiger partial charge in [-0.05, 0) is 61.1 Å². The number of methoxy groups -OCH3 is 2.